The third kappa shape index (κ3) is 21.8. The van der Waals surface area contributed by atoms with Crippen LogP contribution < -0.4 is 139 Å². The van der Waals surface area contributed by atoms with Crippen molar-refractivity contribution in [1.82, 2.24) is 0 Å². The molecule has 4 atom stereocenters. The van der Waals surface area contributed by atoms with Crippen LogP contribution in [0.4, 0.5) is 0 Å². The molecule has 25 heavy (non-hydrogen) atoms. The second-order valence-corrected chi connectivity index (χ2v) is 3.06. The van der Waals surface area contributed by atoms with Crippen LogP contribution in [0.1, 0.15) is 0 Å². The van der Waals surface area contributed by atoms with Gasteiger partial charge in [0.1, 0.15) is 24.4 Å². The first-order valence-corrected chi connectivity index (χ1v) is 4.49. The van der Waals surface area contributed by atoms with Gasteiger partial charge in [-0.15, -0.1) is 0 Å². The summed E-state index contributed by atoms with van der Waals surface area (Å²) in [5, 5.41) is 71.5. The van der Waals surface area contributed by atoms with Gasteiger partial charge in [-0.25, -0.2) is 0 Å². The first-order chi connectivity index (χ1) is 8.93. The van der Waals surface area contributed by atoms with E-state index < -0.39 is 48.3 Å². The Bertz CT molecular complexity index is 320. The van der Waals surface area contributed by atoms with Crippen LogP contribution in [-0.2, 0) is 19.2 Å². The summed E-state index contributed by atoms with van der Waals surface area (Å²) in [6.07, 6.45) is -9.76. The predicted molar refractivity (Wildman–Crippen MR) is 47.7 cm³/mol. The molecule has 0 aliphatic rings. The van der Waals surface area contributed by atoms with Gasteiger partial charge >= 0.3 is 118 Å². The van der Waals surface area contributed by atoms with Crippen LogP contribution in [-0.4, -0.2) is 74.2 Å². The van der Waals surface area contributed by atoms with E-state index in [-0.39, 0.29) is 124 Å². The number of aliphatic hydroxyl groups is 4. The number of hydrogen-bond acceptors (Lipinski definition) is 12. The van der Waals surface area contributed by atoms with Crippen LogP contribution in [0.25, 0.3) is 0 Å². The monoisotopic (exact) mass is 406 g/mol. The molecule has 0 bridgehead atoms. The number of carbonyl (C=O) groups is 4. The Morgan fingerprint density at radius 1 is 0.480 bits per heavy atom. The summed E-state index contributed by atoms with van der Waals surface area (Å²) < 4.78 is 0. The smallest absolute Gasteiger partial charge is 0.547 e. The molecule has 0 aromatic heterocycles. The van der Waals surface area contributed by atoms with Crippen molar-refractivity contribution in [2.45, 2.75) is 24.4 Å². The maximum Gasteiger partial charge on any atom is 1.00 e. The summed E-state index contributed by atoms with van der Waals surface area (Å²) in [4.78, 5) is 38.5. The topological polar surface area (TPSA) is 273 Å². The van der Waals surface area contributed by atoms with Crippen molar-refractivity contribution in [3.05, 3.63) is 0 Å². The molecule has 0 heterocycles. The quantitative estimate of drug-likeness (QED) is 0.299. The van der Waals surface area contributed by atoms with E-state index in [1.807, 2.05) is 0 Å². The fourth-order valence-corrected chi connectivity index (χ4v) is 0.516. The van der Waals surface area contributed by atoms with E-state index in [9.17, 15) is 39.6 Å². The van der Waals surface area contributed by atoms with Gasteiger partial charge in [0.05, 0.1) is 23.9 Å². The van der Waals surface area contributed by atoms with Gasteiger partial charge in [-0.3, -0.25) is 0 Å². The van der Waals surface area contributed by atoms with Gasteiger partial charge in [0.25, 0.3) is 0 Å². The summed E-state index contributed by atoms with van der Waals surface area (Å²) in [5.74, 6) is -8.23. The fourth-order valence-electron chi connectivity index (χ4n) is 0.516. The molecule has 13 nitrogen and oxygen atoms in total. The van der Waals surface area contributed by atoms with E-state index in [4.69, 9.17) is 20.4 Å². The molecule has 0 aliphatic heterocycles. The van der Waals surface area contributed by atoms with Gasteiger partial charge in [0.15, 0.2) is 0 Å². The molecular formula is C8H10Na4O13. The second kappa shape index (κ2) is 23.7. The number of rotatable bonds is 6. The molecule has 124 valence electrons. The SMILES string of the molecule is O.O=C([O-])C(O)C(O)C(=O)[O-].O=C([O-])C(O)C(O)C(=O)[O-].[Na+].[Na+].[Na+].[Na+]. The Balaban J connectivity index is -0.0000000432. The van der Waals surface area contributed by atoms with Gasteiger partial charge < -0.3 is 65.5 Å². The molecule has 0 aromatic carbocycles. The summed E-state index contributed by atoms with van der Waals surface area (Å²) in [6, 6.07) is 0. The molecule has 0 aliphatic carbocycles. The molecule has 0 spiro atoms. The van der Waals surface area contributed by atoms with Crippen molar-refractivity contribution >= 4 is 23.9 Å². The van der Waals surface area contributed by atoms with Gasteiger partial charge in [-0.2, -0.15) is 0 Å². The number of carbonyl (C=O) groups excluding carboxylic acids is 4. The van der Waals surface area contributed by atoms with Crippen LogP contribution in [0, 0.1) is 0 Å². The molecular weight excluding hydrogens is 396 g/mol. The third-order valence-electron chi connectivity index (χ3n) is 1.56. The zero-order valence-electron chi connectivity index (χ0n) is 13.9. The first kappa shape index (κ1) is 45.4. The van der Waals surface area contributed by atoms with Gasteiger partial charge in [0.2, 0.25) is 0 Å². The van der Waals surface area contributed by atoms with E-state index in [0.29, 0.717) is 0 Å². The molecule has 0 amide bonds. The molecule has 0 saturated carbocycles. The Morgan fingerprint density at radius 3 is 0.600 bits per heavy atom. The first-order valence-electron chi connectivity index (χ1n) is 4.49. The van der Waals surface area contributed by atoms with Crippen LogP contribution in [0.2, 0.25) is 0 Å². The van der Waals surface area contributed by atoms with Crippen molar-refractivity contribution in [1.29, 1.82) is 0 Å². The largest absolute Gasteiger partial charge is 1.00 e. The molecule has 4 unspecified atom stereocenters. The molecule has 6 N–H and O–H groups in total. The van der Waals surface area contributed by atoms with Crippen LogP contribution in [0.15, 0.2) is 0 Å². The zero-order chi connectivity index (χ0) is 16.6. The van der Waals surface area contributed by atoms with E-state index in [1.54, 1.807) is 0 Å². The normalized spacial score (nSPS) is 12.6. The number of carboxylic acid groups (broad SMARTS) is 4. The standard InChI is InChI=1S/2C4H6O6.4Na.H2O/c2*5-1(3(7)8)2(6)4(9)10;;;;;/h2*1-2,5-6H,(H,7,8)(H,9,10);;;;;1H2/q;;4*+1;/p-4. The van der Waals surface area contributed by atoms with Crippen LogP contribution in [0.5, 0.6) is 0 Å². The minimum absolute atomic E-state index is 0. The second-order valence-electron chi connectivity index (χ2n) is 3.06. The molecule has 17 heteroatoms. The van der Waals surface area contributed by atoms with Gasteiger partial charge in [-0.1, -0.05) is 0 Å². The zero-order valence-corrected chi connectivity index (χ0v) is 21.9. The number of hydrogen-bond donors (Lipinski definition) is 4. The maximum absolute atomic E-state index is 9.63. The minimum atomic E-state index is -2.44. The van der Waals surface area contributed by atoms with Crippen molar-refractivity contribution in [2.75, 3.05) is 0 Å². The summed E-state index contributed by atoms with van der Waals surface area (Å²) in [5.41, 5.74) is 0. The maximum atomic E-state index is 9.63. The average Bonchev–Trinajstić information content (AvgIpc) is 2.35. The molecule has 0 fully saturated rings. The predicted octanol–water partition coefficient (Wildman–Crippen LogP) is -22.4. The van der Waals surface area contributed by atoms with Crippen LogP contribution >= 0.6 is 0 Å². The van der Waals surface area contributed by atoms with Crippen molar-refractivity contribution in [3.8, 4) is 0 Å². The van der Waals surface area contributed by atoms with E-state index in [2.05, 4.69) is 0 Å². The molecule has 0 rings (SSSR count). The Morgan fingerprint density at radius 2 is 0.560 bits per heavy atom. The van der Waals surface area contributed by atoms with Gasteiger partial charge in [-0.05, 0) is 0 Å². The van der Waals surface area contributed by atoms with Crippen LogP contribution in [0.3, 0.4) is 0 Å². The van der Waals surface area contributed by atoms with Crippen molar-refractivity contribution < 1.29 is 184 Å². The summed E-state index contributed by atoms with van der Waals surface area (Å²) >= 11 is 0. The Kier molecular flexibility index (Phi) is 43.1. The average molecular weight is 406 g/mol. The van der Waals surface area contributed by atoms with Crippen molar-refractivity contribution in [2.24, 2.45) is 0 Å². The van der Waals surface area contributed by atoms with E-state index >= 15 is 0 Å². The number of aliphatic hydroxyl groups excluding tert-OH is 4. The van der Waals surface area contributed by atoms with E-state index in [0.717, 1.165) is 0 Å². The Hall–Kier alpha value is 1.68. The number of carboxylic acids is 4. The number of aliphatic carboxylic acids is 4. The fraction of sp³-hybridized carbons (Fsp3) is 0.500. The molecule has 0 radical (unpaired) electrons. The molecule has 0 aromatic rings. The molecule has 0 saturated heterocycles. The minimum Gasteiger partial charge on any atom is -0.547 e. The van der Waals surface area contributed by atoms with Gasteiger partial charge in [0, 0.05) is 0 Å². The third-order valence-corrected chi connectivity index (χ3v) is 1.56. The summed E-state index contributed by atoms with van der Waals surface area (Å²) in [7, 11) is 0. The summed E-state index contributed by atoms with van der Waals surface area (Å²) in [6.45, 7) is 0. The van der Waals surface area contributed by atoms with E-state index in [1.165, 1.54) is 0 Å². The van der Waals surface area contributed by atoms with Crippen molar-refractivity contribution in [3.63, 3.8) is 0 Å². The Labute approximate surface area is 228 Å².